The van der Waals surface area contributed by atoms with Crippen LogP contribution >= 0.6 is 0 Å². The van der Waals surface area contributed by atoms with Crippen molar-refractivity contribution in [3.8, 4) is 0 Å². The maximum atomic E-state index is 5.69. The topological polar surface area (TPSA) is 64.7 Å². The Bertz CT molecular complexity index is 483. The highest BCUT2D eigenvalue weighted by atomic mass is 15.0. The van der Waals surface area contributed by atoms with E-state index in [4.69, 9.17) is 13.6 Å². The molecule has 0 amide bonds. The van der Waals surface area contributed by atoms with E-state index < -0.39 is 0 Å². The van der Waals surface area contributed by atoms with E-state index in [0.29, 0.717) is 16.9 Å². The normalized spacial score (nSPS) is 10.6. The molecule has 0 unspecified atom stereocenters. The summed E-state index contributed by atoms with van der Waals surface area (Å²) in [6.45, 7) is 2.03. The lowest BCUT2D eigenvalue weighted by Gasteiger charge is -2.03. The van der Waals surface area contributed by atoms with Gasteiger partial charge in [-0.05, 0) is 18.6 Å². The number of rotatable bonds is 1. The molecular formula is C9H9BN4. The third-order valence-corrected chi connectivity index (χ3v) is 2.01. The van der Waals surface area contributed by atoms with Crippen LogP contribution in [0.3, 0.4) is 0 Å². The summed E-state index contributed by atoms with van der Waals surface area (Å²) in [5.41, 5.74) is 8.15. The Morgan fingerprint density at radius 1 is 1.29 bits per heavy atom. The van der Waals surface area contributed by atoms with Gasteiger partial charge >= 0.3 is 0 Å². The monoisotopic (exact) mass is 184 g/mol. The lowest BCUT2D eigenvalue weighted by Crippen LogP contribution is -2.16. The second-order valence-electron chi connectivity index (χ2n) is 2.99. The van der Waals surface area contributed by atoms with Gasteiger partial charge in [0.15, 0.2) is 13.7 Å². The molecule has 0 saturated carbocycles. The van der Waals surface area contributed by atoms with Crippen molar-refractivity contribution in [2.75, 3.05) is 5.73 Å². The molecule has 0 aliphatic rings. The van der Waals surface area contributed by atoms with Crippen molar-refractivity contribution < 1.29 is 0 Å². The fraction of sp³-hybridized carbons (Fsp3) is 0.222. The number of anilines is 1. The Morgan fingerprint density at radius 3 is 2.79 bits per heavy atom. The van der Waals surface area contributed by atoms with E-state index in [0.717, 1.165) is 12.1 Å². The largest absolute Gasteiger partial charge is 0.382 e. The van der Waals surface area contributed by atoms with Gasteiger partial charge in [0, 0.05) is 5.69 Å². The first kappa shape index (κ1) is 8.93. The smallest absolute Gasteiger partial charge is 0.170 e. The molecule has 68 valence electrons. The first-order chi connectivity index (χ1) is 6.70. The number of nitrogens with two attached hydrogens (primary N) is 1. The Labute approximate surface area is 83.0 Å². The van der Waals surface area contributed by atoms with E-state index in [9.17, 15) is 0 Å². The Hall–Kier alpha value is -1.65. The highest BCUT2D eigenvalue weighted by Crippen LogP contribution is 2.13. The summed E-state index contributed by atoms with van der Waals surface area (Å²) in [6.07, 6.45) is 0.861. The average molecular weight is 184 g/mol. The fourth-order valence-electron chi connectivity index (χ4n) is 1.29. The maximum Gasteiger partial charge on any atom is 0.170 e. The molecule has 2 aromatic rings. The number of hydrogen-bond donors (Lipinski definition) is 1. The molecule has 0 aliphatic heterocycles. The molecule has 0 fully saturated rings. The van der Waals surface area contributed by atoms with Crippen molar-refractivity contribution in [1.29, 1.82) is 0 Å². The summed E-state index contributed by atoms with van der Waals surface area (Å²) in [6, 6.07) is 3.77. The number of pyridine rings is 1. The molecule has 0 atom stereocenters. The van der Waals surface area contributed by atoms with E-state index in [1.807, 2.05) is 19.1 Å². The second kappa shape index (κ2) is 3.25. The number of nitrogens with zero attached hydrogens (tertiary/aromatic N) is 3. The van der Waals surface area contributed by atoms with Crippen LogP contribution in [0.15, 0.2) is 12.1 Å². The standard InChI is InChI=1S/C9H9BN4/c1-2-5-3-4-6-7(12-5)8(11)14-9(10)13-6/h3-4H,2H2,1H3,(H2,11,13,14). The van der Waals surface area contributed by atoms with Gasteiger partial charge in [-0.1, -0.05) is 6.92 Å². The molecule has 14 heavy (non-hydrogen) atoms. The predicted octanol–water partition coefficient (Wildman–Crippen LogP) is -0.0368. The third kappa shape index (κ3) is 1.41. The molecule has 0 spiro atoms. The first-order valence-corrected chi connectivity index (χ1v) is 4.39. The summed E-state index contributed by atoms with van der Waals surface area (Å²) in [7, 11) is 5.47. The van der Waals surface area contributed by atoms with Crippen LogP contribution in [-0.2, 0) is 6.42 Å². The van der Waals surface area contributed by atoms with E-state index in [1.54, 1.807) is 0 Å². The third-order valence-electron chi connectivity index (χ3n) is 2.01. The van der Waals surface area contributed by atoms with Crippen molar-refractivity contribution in [2.45, 2.75) is 13.3 Å². The summed E-state index contributed by atoms with van der Waals surface area (Å²) in [5.74, 6) is 0.336. The lowest BCUT2D eigenvalue weighted by molar-refractivity contribution is 1.05. The molecule has 2 radical (unpaired) electrons. The van der Waals surface area contributed by atoms with Crippen LogP contribution < -0.4 is 11.5 Å². The van der Waals surface area contributed by atoms with Gasteiger partial charge in [0.1, 0.15) is 5.52 Å². The molecule has 5 heteroatoms. The summed E-state index contributed by atoms with van der Waals surface area (Å²) >= 11 is 0. The molecule has 4 nitrogen and oxygen atoms in total. The van der Waals surface area contributed by atoms with Gasteiger partial charge in [0.2, 0.25) is 0 Å². The zero-order chi connectivity index (χ0) is 10.1. The molecule has 2 aromatic heterocycles. The van der Waals surface area contributed by atoms with E-state index in [1.165, 1.54) is 0 Å². The molecular weight excluding hydrogens is 175 g/mol. The van der Waals surface area contributed by atoms with Crippen LogP contribution in [0.4, 0.5) is 5.82 Å². The molecule has 2 heterocycles. The van der Waals surface area contributed by atoms with Crippen LogP contribution in [0.25, 0.3) is 11.0 Å². The van der Waals surface area contributed by atoms with Crippen LogP contribution in [0, 0.1) is 0 Å². The molecule has 0 bridgehead atoms. The van der Waals surface area contributed by atoms with Crippen LogP contribution in [-0.4, -0.2) is 22.8 Å². The van der Waals surface area contributed by atoms with Crippen molar-refractivity contribution in [3.05, 3.63) is 17.8 Å². The zero-order valence-electron chi connectivity index (χ0n) is 7.86. The SMILES string of the molecule is [B]c1nc(N)c2nc(CC)ccc2n1. The van der Waals surface area contributed by atoms with Crippen LogP contribution in [0.2, 0.25) is 0 Å². The van der Waals surface area contributed by atoms with Crippen LogP contribution in [0.1, 0.15) is 12.6 Å². The molecule has 0 saturated heterocycles. The minimum Gasteiger partial charge on any atom is -0.382 e. The number of hydrogen-bond acceptors (Lipinski definition) is 4. The summed E-state index contributed by atoms with van der Waals surface area (Å²) < 4.78 is 0. The fourth-order valence-corrected chi connectivity index (χ4v) is 1.29. The van der Waals surface area contributed by atoms with Gasteiger partial charge in [-0.2, -0.15) is 0 Å². The predicted molar refractivity (Wildman–Crippen MR) is 56.5 cm³/mol. The molecule has 2 N–H and O–H groups in total. The van der Waals surface area contributed by atoms with Gasteiger partial charge in [-0.3, -0.25) is 0 Å². The second-order valence-corrected chi connectivity index (χ2v) is 2.99. The maximum absolute atomic E-state index is 5.69. The Balaban J connectivity index is 2.75. The van der Waals surface area contributed by atoms with E-state index >= 15 is 0 Å². The quantitative estimate of drug-likeness (QED) is 0.631. The summed E-state index contributed by atoms with van der Waals surface area (Å²) in [4.78, 5) is 12.2. The minimum absolute atomic E-state index is 0.182. The first-order valence-electron chi connectivity index (χ1n) is 4.39. The van der Waals surface area contributed by atoms with Crippen molar-refractivity contribution in [1.82, 2.24) is 15.0 Å². The highest BCUT2D eigenvalue weighted by molar-refractivity contribution is 6.29. The van der Waals surface area contributed by atoms with Gasteiger partial charge in [0.25, 0.3) is 0 Å². The number of aromatic nitrogens is 3. The Kier molecular flexibility index (Phi) is 2.07. The Morgan fingerprint density at radius 2 is 2.07 bits per heavy atom. The van der Waals surface area contributed by atoms with Gasteiger partial charge in [0.05, 0.1) is 11.2 Å². The molecule has 2 rings (SSSR count). The number of nitrogen functional groups attached to an aromatic ring is 1. The average Bonchev–Trinajstić information content (AvgIpc) is 2.17. The van der Waals surface area contributed by atoms with Crippen LogP contribution in [0.5, 0.6) is 0 Å². The van der Waals surface area contributed by atoms with Crippen molar-refractivity contribution >= 4 is 30.4 Å². The van der Waals surface area contributed by atoms with Gasteiger partial charge < -0.3 is 5.73 Å². The van der Waals surface area contributed by atoms with E-state index in [2.05, 4.69) is 15.0 Å². The minimum atomic E-state index is 0.182. The van der Waals surface area contributed by atoms with Gasteiger partial charge in [-0.25, -0.2) is 15.0 Å². The summed E-state index contributed by atoms with van der Waals surface area (Å²) in [5, 5.41) is 0. The molecule has 0 aliphatic carbocycles. The van der Waals surface area contributed by atoms with Crippen molar-refractivity contribution in [3.63, 3.8) is 0 Å². The zero-order valence-corrected chi connectivity index (χ0v) is 7.86. The van der Waals surface area contributed by atoms with Gasteiger partial charge in [-0.15, -0.1) is 0 Å². The van der Waals surface area contributed by atoms with E-state index in [-0.39, 0.29) is 5.72 Å². The lowest BCUT2D eigenvalue weighted by atomic mass is 10.1. The number of fused-ring (bicyclic) bond motifs is 1. The van der Waals surface area contributed by atoms with Crippen molar-refractivity contribution in [2.24, 2.45) is 0 Å². The number of aryl methyl sites for hydroxylation is 1. The highest BCUT2D eigenvalue weighted by Gasteiger charge is 2.04. The molecule has 0 aromatic carbocycles.